The second-order valence-electron chi connectivity index (χ2n) is 3.13. The van der Waals surface area contributed by atoms with Gasteiger partial charge in [0, 0.05) is 30.0 Å². The molecule has 2 rings (SSSR count). The van der Waals surface area contributed by atoms with Crippen LogP contribution < -0.4 is 0 Å². The van der Waals surface area contributed by atoms with E-state index in [1.165, 1.54) is 0 Å². The molecule has 0 aromatic heterocycles. The first-order valence-electron chi connectivity index (χ1n) is 4.32. The van der Waals surface area contributed by atoms with Gasteiger partial charge >= 0.3 is 0 Å². The summed E-state index contributed by atoms with van der Waals surface area (Å²) in [4.78, 5) is 0. The summed E-state index contributed by atoms with van der Waals surface area (Å²) in [6.07, 6.45) is 0. The zero-order chi connectivity index (χ0) is 11.7. The van der Waals surface area contributed by atoms with Gasteiger partial charge in [0.25, 0.3) is 0 Å². The van der Waals surface area contributed by atoms with Crippen LogP contribution in [0.3, 0.4) is 0 Å². The molecule has 0 N–H and O–H groups in total. The van der Waals surface area contributed by atoms with Crippen molar-refractivity contribution < 1.29 is 0 Å². The van der Waals surface area contributed by atoms with Gasteiger partial charge in [0.05, 0.1) is 0 Å². The summed E-state index contributed by atoms with van der Waals surface area (Å²) in [6.45, 7) is 0. The van der Waals surface area contributed by atoms with E-state index in [1.807, 2.05) is 24.3 Å². The summed E-state index contributed by atoms with van der Waals surface area (Å²) >= 11 is 13.7. The maximum Gasteiger partial charge on any atom is 0.0272 e. The van der Waals surface area contributed by atoms with E-state index < -0.39 is 0 Å². The van der Waals surface area contributed by atoms with E-state index in [0.29, 0.717) is 0 Å². The van der Waals surface area contributed by atoms with E-state index in [4.69, 9.17) is 0 Å². The van der Waals surface area contributed by atoms with E-state index >= 15 is 0 Å². The van der Waals surface area contributed by atoms with Gasteiger partial charge in [-0.1, -0.05) is 63.7 Å². The fraction of sp³-hybridized carbons (Fsp3) is 0. The molecule has 0 atom stereocenters. The largest absolute Gasteiger partial charge is 0.0501 e. The third-order valence-electron chi connectivity index (χ3n) is 1.94. The lowest BCUT2D eigenvalue weighted by Gasteiger charge is -2.05. The van der Waals surface area contributed by atoms with Crippen LogP contribution in [0.1, 0.15) is 0 Å². The second-order valence-corrected chi connectivity index (χ2v) is 6.55. The van der Waals surface area contributed by atoms with Crippen molar-refractivity contribution in [3.05, 3.63) is 54.3 Å². The summed E-state index contributed by atoms with van der Waals surface area (Å²) in [5.41, 5.74) is 2.24. The van der Waals surface area contributed by atoms with E-state index in [-0.39, 0.29) is 0 Å². The molecule has 0 amide bonds. The maximum atomic E-state index is 3.43. The predicted molar refractivity (Wildman–Crippen MR) is 80.3 cm³/mol. The Morgan fingerprint density at radius 2 is 0.812 bits per heavy atom. The molecule has 0 aliphatic rings. The molecule has 0 aliphatic carbocycles. The lowest BCUT2D eigenvalue weighted by atomic mass is 10.1. The van der Waals surface area contributed by atoms with Gasteiger partial charge in [0.2, 0.25) is 0 Å². The van der Waals surface area contributed by atoms with Crippen LogP contribution in [0.4, 0.5) is 0 Å². The number of benzene rings is 2. The van der Waals surface area contributed by atoms with Gasteiger partial charge in [0.15, 0.2) is 0 Å². The highest BCUT2D eigenvalue weighted by Crippen LogP contribution is 2.31. The van der Waals surface area contributed by atoms with Crippen LogP contribution in [-0.4, -0.2) is 0 Å². The first-order valence-corrected chi connectivity index (χ1v) is 7.49. The van der Waals surface area contributed by atoms with Crippen LogP contribution in [0.25, 0.3) is 11.1 Å². The monoisotopic (exact) mass is 464 g/mol. The Hall–Kier alpha value is 0.360. The SMILES string of the molecule is Brc1[c]c(Br)cc(-c2cc(Br)[c]c(Br)c2)c1. The molecule has 0 spiro atoms. The van der Waals surface area contributed by atoms with Crippen LogP contribution >= 0.6 is 63.7 Å². The predicted octanol–water partition coefficient (Wildman–Crippen LogP) is 6.00. The standard InChI is InChI=1S/C12H4Br4/c13-9-1-7(2-10(14)5-9)8-3-11(15)6-12(16)4-8/h1-4H. The maximum absolute atomic E-state index is 3.43. The molecule has 0 saturated heterocycles. The Labute approximate surface area is 128 Å². The quantitative estimate of drug-likeness (QED) is 0.482. The highest BCUT2D eigenvalue weighted by Gasteiger charge is 2.04. The number of halogens is 4. The van der Waals surface area contributed by atoms with E-state index in [0.717, 1.165) is 29.0 Å². The lowest BCUT2D eigenvalue weighted by molar-refractivity contribution is 1.52. The Bertz CT molecular complexity index is 445. The molecule has 0 heterocycles. The van der Waals surface area contributed by atoms with Crippen molar-refractivity contribution >= 4 is 63.7 Å². The van der Waals surface area contributed by atoms with Crippen molar-refractivity contribution in [1.29, 1.82) is 0 Å². The van der Waals surface area contributed by atoms with E-state index in [2.05, 4.69) is 75.9 Å². The zero-order valence-electron chi connectivity index (χ0n) is 7.82. The fourth-order valence-electron chi connectivity index (χ4n) is 1.34. The summed E-state index contributed by atoms with van der Waals surface area (Å²) in [5, 5.41) is 0. The Kier molecular flexibility index (Phi) is 4.27. The topological polar surface area (TPSA) is 0 Å². The highest BCUT2D eigenvalue weighted by atomic mass is 79.9. The van der Waals surface area contributed by atoms with Gasteiger partial charge in [-0.2, -0.15) is 0 Å². The van der Waals surface area contributed by atoms with E-state index in [9.17, 15) is 0 Å². The summed E-state index contributed by atoms with van der Waals surface area (Å²) < 4.78 is 3.71. The molecular weight excluding hydrogens is 464 g/mol. The van der Waals surface area contributed by atoms with Gasteiger partial charge in [-0.25, -0.2) is 0 Å². The van der Waals surface area contributed by atoms with Crippen molar-refractivity contribution in [1.82, 2.24) is 0 Å². The first kappa shape index (κ1) is 12.8. The van der Waals surface area contributed by atoms with Gasteiger partial charge in [-0.3, -0.25) is 0 Å². The van der Waals surface area contributed by atoms with Crippen molar-refractivity contribution in [2.24, 2.45) is 0 Å². The molecule has 2 aromatic carbocycles. The molecule has 80 valence electrons. The third kappa shape index (κ3) is 3.19. The minimum absolute atomic E-state index is 0.928. The van der Waals surface area contributed by atoms with Crippen LogP contribution in [0.5, 0.6) is 0 Å². The molecule has 0 saturated carbocycles. The molecule has 16 heavy (non-hydrogen) atoms. The zero-order valence-corrected chi connectivity index (χ0v) is 14.2. The Morgan fingerprint density at radius 3 is 1.06 bits per heavy atom. The third-order valence-corrected chi connectivity index (χ3v) is 3.65. The van der Waals surface area contributed by atoms with E-state index in [1.54, 1.807) is 0 Å². The fourth-order valence-corrected chi connectivity index (χ4v) is 3.71. The minimum atomic E-state index is 0.928. The molecule has 0 nitrogen and oxygen atoms in total. The van der Waals surface area contributed by atoms with Gasteiger partial charge in [-0.15, -0.1) is 0 Å². The molecule has 2 aromatic rings. The minimum Gasteiger partial charge on any atom is -0.0501 e. The van der Waals surface area contributed by atoms with Gasteiger partial charge in [-0.05, 0) is 35.4 Å². The second kappa shape index (κ2) is 5.34. The molecule has 0 unspecified atom stereocenters. The van der Waals surface area contributed by atoms with Crippen LogP contribution in [0.2, 0.25) is 0 Å². The number of hydrogen-bond acceptors (Lipinski definition) is 0. The average Bonchev–Trinajstić information content (AvgIpc) is 2.14. The molecule has 0 fully saturated rings. The summed E-state index contributed by atoms with van der Waals surface area (Å²) in [7, 11) is 0. The molecule has 0 bridgehead atoms. The summed E-state index contributed by atoms with van der Waals surface area (Å²) in [5.74, 6) is 0. The Morgan fingerprint density at radius 1 is 0.562 bits per heavy atom. The number of rotatable bonds is 1. The molecule has 2 radical (unpaired) electrons. The van der Waals surface area contributed by atoms with Gasteiger partial charge in [0.1, 0.15) is 0 Å². The van der Waals surface area contributed by atoms with Crippen molar-refractivity contribution in [3.63, 3.8) is 0 Å². The average molecular weight is 468 g/mol. The highest BCUT2D eigenvalue weighted by molar-refractivity contribution is 9.11. The van der Waals surface area contributed by atoms with Crippen LogP contribution in [0.15, 0.2) is 42.2 Å². The molecule has 4 heteroatoms. The normalized spacial score (nSPS) is 10.5. The smallest absolute Gasteiger partial charge is 0.0272 e. The molecule has 0 aliphatic heterocycles. The lowest BCUT2D eigenvalue weighted by Crippen LogP contribution is -1.80. The molecular formula is C12H4Br4. The Balaban J connectivity index is 2.57. The summed E-state index contributed by atoms with van der Waals surface area (Å²) in [6, 6.07) is 14.3. The van der Waals surface area contributed by atoms with Gasteiger partial charge < -0.3 is 0 Å². The van der Waals surface area contributed by atoms with Crippen LogP contribution in [0, 0.1) is 12.1 Å². The van der Waals surface area contributed by atoms with Crippen LogP contribution in [-0.2, 0) is 0 Å². The van der Waals surface area contributed by atoms with Crippen molar-refractivity contribution in [2.75, 3.05) is 0 Å². The first-order chi connectivity index (χ1) is 7.54. The van der Waals surface area contributed by atoms with Crippen molar-refractivity contribution in [3.8, 4) is 11.1 Å². The van der Waals surface area contributed by atoms with Crippen molar-refractivity contribution in [2.45, 2.75) is 0 Å². The number of hydrogen-bond donors (Lipinski definition) is 0.